The molecule has 0 unspecified atom stereocenters. The molecule has 2 N–H and O–H groups in total. The highest BCUT2D eigenvalue weighted by atomic mass is 32.2. The number of methoxy groups -OCH3 is 1. The molecule has 30 heavy (non-hydrogen) atoms. The average molecular weight is 424 g/mol. The van der Waals surface area contributed by atoms with Gasteiger partial charge in [-0.05, 0) is 44.0 Å². The van der Waals surface area contributed by atoms with Gasteiger partial charge in [-0.1, -0.05) is 35.9 Å². The van der Waals surface area contributed by atoms with Crippen LogP contribution in [0.5, 0.6) is 11.5 Å². The van der Waals surface area contributed by atoms with Gasteiger partial charge in [-0.15, -0.1) is 11.8 Å². The van der Waals surface area contributed by atoms with E-state index in [9.17, 15) is 4.79 Å². The maximum atomic E-state index is 12.4. The lowest BCUT2D eigenvalue weighted by atomic mass is 10.0. The highest BCUT2D eigenvalue weighted by Crippen LogP contribution is 2.46. The maximum absolute atomic E-state index is 12.4. The van der Waals surface area contributed by atoms with Crippen molar-refractivity contribution in [1.82, 2.24) is 10.2 Å². The first kappa shape index (κ1) is 20.3. The van der Waals surface area contributed by atoms with Crippen LogP contribution in [0.25, 0.3) is 0 Å². The van der Waals surface area contributed by atoms with Crippen molar-refractivity contribution in [1.29, 1.82) is 0 Å². The summed E-state index contributed by atoms with van der Waals surface area (Å²) in [6.07, 6.45) is 0. The van der Waals surface area contributed by atoms with Crippen molar-refractivity contribution in [3.05, 3.63) is 70.4 Å². The van der Waals surface area contributed by atoms with E-state index >= 15 is 0 Å². The Hall–Kier alpha value is -2.93. The van der Waals surface area contributed by atoms with Crippen LogP contribution in [0.3, 0.4) is 0 Å². The number of benzene rings is 2. The highest BCUT2D eigenvalue weighted by Gasteiger charge is 2.32. The van der Waals surface area contributed by atoms with Crippen LogP contribution in [-0.4, -0.2) is 28.5 Å². The van der Waals surface area contributed by atoms with Gasteiger partial charge in [-0.3, -0.25) is 9.89 Å². The molecular formula is C23H25N3O3S. The molecule has 6 nitrogen and oxygen atoms in total. The number of amides is 1. The van der Waals surface area contributed by atoms with Crippen LogP contribution < -0.4 is 14.8 Å². The number of H-pyrrole nitrogens is 1. The molecule has 4 rings (SSSR count). The predicted octanol–water partition coefficient (Wildman–Crippen LogP) is 4.78. The van der Waals surface area contributed by atoms with Crippen molar-refractivity contribution in [2.45, 2.75) is 37.9 Å². The fraction of sp³-hybridized carbons (Fsp3) is 0.304. The molecule has 1 aliphatic heterocycles. The third-order valence-electron chi connectivity index (χ3n) is 5.21. The fourth-order valence-electron chi connectivity index (χ4n) is 3.46. The summed E-state index contributed by atoms with van der Waals surface area (Å²) in [6, 6.07) is 14.2. The van der Waals surface area contributed by atoms with Gasteiger partial charge in [0.15, 0.2) is 17.3 Å². The Morgan fingerprint density at radius 2 is 1.87 bits per heavy atom. The quantitative estimate of drug-likeness (QED) is 0.618. The van der Waals surface area contributed by atoms with E-state index < -0.39 is 0 Å². The van der Waals surface area contributed by atoms with Gasteiger partial charge in [0.25, 0.3) is 0 Å². The summed E-state index contributed by atoms with van der Waals surface area (Å²) in [5.74, 6) is 1.91. The van der Waals surface area contributed by atoms with Crippen molar-refractivity contribution in [3.8, 4) is 11.5 Å². The number of carbonyl (C=O) groups excluding carboxylic acids is 1. The Bertz CT molecular complexity index is 1060. The van der Waals surface area contributed by atoms with Crippen LogP contribution in [0.4, 0.5) is 5.82 Å². The third-order valence-corrected chi connectivity index (χ3v) is 6.62. The molecule has 3 aromatic rings. The monoisotopic (exact) mass is 423 g/mol. The Morgan fingerprint density at radius 3 is 2.60 bits per heavy atom. The first-order chi connectivity index (χ1) is 14.5. The number of aromatic nitrogens is 2. The molecule has 2 atom stereocenters. The van der Waals surface area contributed by atoms with Crippen LogP contribution in [0.1, 0.15) is 40.1 Å². The Balaban J connectivity index is 1.62. The summed E-state index contributed by atoms with van der Waals surface area (Å²) < 4.78 is 11.6. The van der Waals surface area contributed by atoms with Crippen molar-refractivity contribution >= 4 is 23.5 Å². The maximum Gasteiger partial charge on any atom is 0.238 e. The van der Waals surface area contributed by atoms with Crippen molar-refractivity contribution < 1.29 is 14.3 Å². The topological polar surface area (TPSA) is 76.2 Å². The number of ether oxygens (including phenoxy) is 2. The zero-order chi connectivity index (χ0) is 21.3. The zero-order valence-corrected chi connectivity index (χ0v) is 18.3. The second-order valence-electron chi connectivity index (χ2n) is 7.44. The van der Waals surface area contributed by atoms with Gasteiger partial charge in [0.05, 0.1) is 17.6 Å². The number of nitrogens with one attached hydrogen (secondary N) is 2. The molecule has 0 radical (unpaired) electrons. The van der Waals surface area contributed by atoms with Crippen LogP contribution in [0, 0.1) is 13.8 Å². The summed E-state index contributed by atoms with van der Waals surface area (Å²) in [5.41, 5.74) is 5.29. The van der Waals surface area contributed by atoms with Gasteiger partial charge in [0, 0.05) is 11.3 Å². The smallest absolute Gasteiger partial charge is 0.238 e. The number of carbonyl (C=O) groups is 1. The van der Waals surface area contributed by atoms with Gasteiger partial charge in [-0.25, -0.2) is 0 Å². The summed E-state index contributed by atoms with van der Waals surface area (Å²) >= 11 is 1.60. The molecule has 2 aromatic carbocycles. The minimum Gasteiger partial charge on any atom is -0.493 e. The number of nitrogens with zero attached hydrogens (tertiary/aromatic N) is 1. The molecule has 0 saturated heterocycles. The van der Waals surface area contributed by atoms with Crippen LogP contribution in [-0.2, 0) is 11.4 Å². The molecule has 0 spiro atoms. The van der Waals surface area contributed by atoms with Crippen LogP contribution in [0.2, 0.25) is 0 Å². The fourth-order valence-corrected chi connectivity index (χ4v) is 4.78. The van der Waals surface area contributed by atoms with Crippen molar-refractivity contribution in [3.63, 3.8) is 0 Å². The van der Waals surface area contributed by atoms with Gasteiger partial charge in [-0.2, -0.15) is 5.10 Å². The van der Waals surface area contributed by atoms with E-state index in [1.165, 1.54) is 5.56 Å². The SMILES string of the molecule is COc1cc([C@@H]2S[C@H](C)C(=O)Nc3n[nH]c(C)c32)ccc1OCc1ccc(C)cc1. The lowest BCUT2D eigenvalue weighted by Crippen LogP contribution is -2.21. The third kappa shape index (κ3) is 4.03. The first-order valence-corrected chi connectivity index (χ1v) is 10.8. The number of aromatic amines is 1. The minimum atomic E-state index is -0.202. The van der Waals surface area contributed by atoms with Crippen LogP contribution >= 0.6 is 11.8 Å². The molecule has 1 amide bonds. The molecule has 1 aromatic heterocycles. The second kappa shape index (κ2) is 8.44. The van der Waals surface area contributed by atoms with E-state index in [1.54, 1.807) is 18.9 Å². The average Bonchev–Trinajstić information content (AvgIpc) is 3.04. The van der Waals surface area contributed by atoms with Crippen molar-refractivity contribution in [2.24, 2.45) is 0 Å². The van der Waals surface area contributed by atoms with E-state index in [4.69, 9.17) is 9.47 Å². The Labute approximate surface area is 180 Å². The molecule has 156 valence electrons. The predicted molar refractivity (Wildman–Crippen MR) is 119 cm³/mol. The number of aryl methyl sites for hydroxylation is 2. The Morgan fingerprint density at radius 1 is 1.10 bits per heavy atom. The second-order valence-corrected chi connectivity index (χ2v) is 8.89. The summed E-state index contributed by atoms with van der Waals surface area (Å²) in [5, 5.41) is 9.94. The summed E-state index contributed by atoms with van der Waals surface area (Å²) in [7, 11) is 1.64. The Kier molecular flexibility index (Phi) is 5.72. The highest BCUT2D eigenvalue weighted by molar-refractivity contribution is 8.01. The first-order valence-electron chi connectivity index (χ1n) is 9.83. The van der Waals surface area contributed by atoms with Gasteiger partial charge < -0.3 is 14.8 Å². The lowest BCUT2D eigenvalue weighted by molar-refractivity contribution is -0.115. The number of rotatable bonds is 5. The molecule has 1 aliphatic rings. The van der Waals surface area contributed by atoms with Crippen molar-refractivity contribution in [2.75, 3.05) is 12.4 Å². The number of thioether (sulfide) groups is 1. The van der Waals surface area contributed by atoms with Gasteiger partial charge in [0.1, 0.15) is 6.61 Å². The minimum absolute atomic E-state index is 0.0414. The number of hydrogen-bond acceptors (Lipinski definition) is 5. The van der Waals surface area contributed by atoms with E-state index in [0.717, 1.165) is 22.4 Å². The molecule has 2 heterocycles. The number of fused-ring (bicyclic) bond motifs is 1. The molecule has 7 heteroatoms. The number of anilines is 1. The molecular weight excluding hydrogens is 398 g/mol. The summed E-state index contributed by atoms with van der Waals surface area (Å²) in [4.78, 5) is 12.4. The normalized spacial score (nSPS) is 18.3. The van der Waals surface area contributed by atoms with E-state index in [0.29, 0.717) is 23.9 Å². The van der Waals surface area contributed by atoms with Gasteiger partial charge in [0.2, 0.25) is 5.91 Å². The standard InChI is InChI=1S/C23H25N3O3S/c1-13-5-7-16(8-6-13)12-29-18-10-9-17(11-19(18)28-4)21-20-14(2)25-26-22(20)24-23(27)15(3)30-21/h5-11,15,21H,12H2,1-4H3,(H2,24,25,26,27)/t15-,21+/m1/s1. The van der Waals surface area contributed by atoms with E-state index in [-0.39, 0.29) is 16.4 Å². The number of hydrogen-bond donors (Lipinski definition) is 2. The van der Waals surface area contributed by atoms with Gasteiger partial charge >= 0.3 is 0 Å². The molecule has 0 bridgehead atoms. The zero-order valence-electron chi connectivity index (χ0n) is 17.5. The largest absolute Gasteiger partial charge is 0.493 e. The molecule has 0 fully saturated rings. The van der Waals surface area contributed by atoms with Crippen LogP contribution in [0.15, 0.2) is 42.5 Å². The van der Waals surface area contributed by atoms with E-state index in [2.05, 4.69) is 46.7 Å². The molecule has 0 saturated carbocycles. The molecule has 0 aliphatic carbocycles. The lowest BCUT2D eigenvalue weighted by Gasteiger charge is -2.19. The van der Waals surface area contributed by atoms with E-state index in [1.807, 2.05) is 32.0 Å². The summed E-state index contributed by atoms with van der Waals surface area (Å²) in [6.45, 7) is 6.41.